The molecule has 1 aliphatic rings. The molecule has 3 heteroatoms. The summed E-state index contributed by atoms with van der Waals surface area (Å²) in [4.78, 5) is 13.7. The summed E-state index contributed by atoms with van der Waals surface area (Å²) in [5.74, 6) is 1.63. The molecule has 0 atom stereocenters. The Morgan fingerprint density at radius 2 is 2.00 bits per heavy atom. The number of carbonyl (C=O) groups excluding carboxylic acids is 1. The highest BCUT2D eigenvalue weighted by Gasteiger charge is 2.17. The molecule has 0 bridgehead atoms. The summed E-state index contributed by atoms with van der Waals surface area (Å²) in [6.45, 7) is 3.50. The molecule has 0 aromatic heterocycles. The van der Waals surface area contributed by atoms with Gasteiger partial charge in [-0.3, -0.25) is 4.79 Å². The van der Waals surface area contributed by atoms with Crippen LogP contribution in [0.3, 0.4) is 0 Å². The number of halogens is 1. The first kappa shape index (κ1) is 13.8. The van der Waals surface area contributed by atoms with Crippen LogP contribution in [0.15, 0.2) is 0 Å². The average Bonchev–Trinajstić information content (AvgIpc) is 2.34. The fourth-order valence-electron chi connectivity index (χ4n) is 2.52. The predicted octanol–water partition coefficient (Wildman–Crippen LogP) is 3.43. The molecule has 1 rings (SSSR count). The van der Waals surface area contributed by atoms with E-state index < -0.39 is 0 Å². The van der Waals surface area contributed by atoms with Gasteiger partial charge in [-0.25, -0.2) is 0 Å². The highest BCUT2D eigenvalue weighted by atomic mass is 35.5. The van der Waals surface area contributed by atoms with Crippen molar-refractivity contribution in [2.45, 2.75) is 51.9 Å². The highest BCUT2D eigenvalue weighted by molar-refractivity contribution is 6.18. The van der Waals surface area contributed by atoms with Crippen LogP contribution in [0.2, 0.25) is 0 Å². The van der Waals surface area contributed by atoms with E-state index in [1.807, 2.05) is 11.8 Å². The van der Waals surface area contributed by atoms with Crippen molar-refractivity contribution in [1.82, 2.24) is 4.90 Å². The summed E-state index contributed by atoms with van der Waals surface area (Å²) >= 11 is 5.67. The predicted molar refractivity (Wildman–Crippen MR) is 68.8 cm³/mol. The molecule has 2 nitrogen and oxygen atoms in total. The maximum Gasteiger partial charge on any atom is 0.222 e. The molecule has 0 saturated heterocycles. The van der Waals surface area contributed by atoms with Crippen LogP contribution in [0.25, 0.3) is 0 Å². The minimum Gasteiger partial charge on any atom is -0.342 e. The van der Waals surface area contributed by atoms with Crippen LogP contribution in [0.1, 0.15) is 51.9 Å². The summed E-state index contributed by atoms with van der Waals surface area (Å²) in [5.41, 5.74) is 0. The molecule has 0 N–H and O–H groups in total. The first-order valence-electron chi connectivity index (χ1n) is 6.61. The van der Waals surface area contributed by atoms with Crippen LogP contribution in [-0.2, 0) is 4.79 Å². The second-order valence-electron chi connectivity index (χ2n) is 4.71. The maximum absolute atomic E-state index is 11.9. The normalized spacial score (nSPS) is 17.4. The third-order valence-corrected chi connectivity index (χ3v) is 3.75. The van der Waals surface area contributed by atoms with Gasteiger partial charge in [0.1, 0.15) is 0 Å². The number of rotatable bonds is 6. The first-order valence-corrected chi connectivity index (χ1v) is 7.15. The van der Waals surface area contributed by atoms with E-state index in [4.69, 9.17) is 11.6 Å². The molecular formula is C13H24ClNO. The zero-order chi connectivity index (χ0) is 11.8. The van der Waals surface area contributed by atoms with Crippen molar-refractivity contribution in [3.8, 4) is 0 Å². The lowest BCUT2D eigenvalue weighted by atomic mass is 9.86. The molecule has 1 aliphatic carbocycles. The number of hydrogen-bond donors (Lipinski definition) is 0. The van der Waals surface area contributed by atoms with Gasteiger partial charge in [-0.05, 0) is 19.3 Å². The molecular weight excluding hydrogens is 222 g/mol. The number of hydrogen-bond acceptors (Lipinski definition) is 1. The lowest BCUT2D eigenvalue weighted by Gasteiger charge is -2.24. The van der Waals surface area contributed by atoms with E-state index in [9.17, 15) is 4.79 Å². The number of carbonyl (C=O) groups is 1. The van der Waals surface area contributed by atoms with Crippen molar-refractivity contribution in [2.24, 2.45) is 5.92 Å². The Bertz CT molecular complexity index is 202. The number of nitrogens with zero attached hydrogens (tertiary/aromatic N) is 1. The van der Waals surface area contributed by atoms with Gasteiger partial charge in [0, 0.05) is 25.4 Å². The number of alkyl halides is 1. The molecule has 94 valence electrons. The summed E-state index contributed by atoms with van der Waals surface area (Å²) in [6, 6.07) is 0. The zero-order valence-corrected chi connectivity index (χ0v) is 11.1. The zero-order valence-electron chi connectivity index (χ0n) is 10.4. The first-order chi connectivity index (χ1) is 7.77. The standard InChI is InChI=1S/C13H24ClNO/c1-2-15(11-10-14)13(16)9-8-12-6-4-3-5-7-12/h12H,2-11H2,1H3. The van der Waals surface area contributed by atoms with Crippen LogP contribution in [0.4, 0.5) is 0 Å². The lowest BCUT2D eigenvalue weighted by Crippen LogP contribution is -2.32. The van der Waals surface area contributed by atoms with Crippen LogP contribution >= 0.6 is 11.6 Å². The van der Waals surface area contributed by atoms with Gasteiger partial charge in [0.25, 0.3) is 0 Å². The summed E-state index contributed by atoms with van der Waals surface area (Å²) in [5, 5.41) is 0. The van der Waals surface area contributed by atoms with E-state index in [0.717, 1.165) is 25.3 Å². The smallest absolute Gasteiger partial charge is 0.222 e. The van der Waals surface area contributed by atoms with Crippen LogP contribution < -0.4 is 0 Å². The van der Waals surface area contributed by atoms with E-state index in [1.54, 1.807) is 0 Å². The van der Waals surface area contributed by atoms with Crippen molar-refractivity contribution >= 4 is 17.5 Å². The van der Waals surface area contributed by atoms with E-state index in [1.165, 1.54) is 32.1 Å². The fraction of sp³-hybridized carbons (Fsp3) is 0.923. The minimum absolute atomic E-state index is 0.286. The molecule has 16 heavy (non-hydrogen) atoms. The van der Waals surface area contributed by atoms with Gasteiger partial charge in [-0.1, -0.05) is 32.1 Å². The van der Waals surface area contributed by atoms with Gasteiger partial charge in [0.2, 0.25) is 5.91 Å². The second-order valence-corrected chi connectivity index (χ2v) is 5.08. The van der Waals surface area contributed by atoms with Crippen molar-refractivity contribution in [2.75, 3.05) is 19.0 Å². The topological polar surface area (TPSA) is 20.3 Å². The lowest BCUT2D eigenvalue weighted by molar-refractivity contribution is -0.131. The monoisotopic (exact) mass is 245 g/mol. The Labute approximate surface area is 104 Å². The molecule has 0 heterocycles. The van der Waals surface area contributed by atoms with E-state index >= 15 is 0 Å². The molecule has 1 amide bonds. The Balaban J connectivity index is 2.21. The van der Waals surface area contributed by atoms with Crippen LogP contribution in [0, 0.1) is 5.92 Å². The SMILES string of the molecule is CCN(CCCl)C(=O)CCC1CCCCC1. The van der Waals surface area contributed by atoms with Crippen molar-refractivity contribution in [1.29, 1.82) is 0 Å². The Kier molecular flexibility index (Phi) is 6.86. The molecule has 0 radical (unpaired) electrons. The molecule has 0 aromatic rings. The minimum atomic E-state index is 0.286. The molecule has 0 unspecified atom stereocenters. The molecule has 1 saturated carbocycles. The molecule has 0 aliphatic heterocycles. The van der Waals surface area contributed by atoms with Gasteiger partial charge in [-0.15, -0.1) is 11.6 Å². The maximum atomic E-state index is 11.9. The van der Waals surface area contributed by atoms with Gasteiger partial charge >= 0.3 is 0 Å². The molecule has 1 fully saturated rings. The van der Waals surface area contributed by atoms with E-state index in [0.29, 0.717) is 12.4 Å². The van der Waals surface area contributed by atoms with Gasteiger partial charge in [-0.2, -0.15) is 0 Å². The fourth-order valence-corrected chi connectivity index (χ4v) is 2.73. The molecule has 0 spiro atoms. The van der Waals surface area contributed by atoms with Crippen LogP contribution in [-0.4, -0.2) is 29.8 Å². The Morgan fingerprint density at radius 1 is 1.31 bits per heavy atom. The summed E-state index contributed by atoms with van der Waals surface area (Å²) in [7, 11) is 0. The molecule has 0 aromatic carbocycles. The quantitative estimate of drug-likeness (QED) is 0.657. The highest BCUT2D eigenvalue weighted by Crippen LogP contribution is 2.27. The summed E-state index contributed by atoms with van der Waals surface area (Å²) < 4.78 is 0. The van der Waals surface area contributed by atoms with E-state index in [2.05, 4.69) is 0 Å². The Hall–Kier alpha value is -0.240. The van der Waals surface area contributed by atoms with E-state index in [-0.39, 0.29) is 5.91 Å². The third-order valence-electron chi connectivity index (χ3n) is 3.58. The summed E-state index contributed by atoms with van der Waals surface area (Å²) in [6.07, 6.45) is 8.56. The van der Waals surface area contributed by atoms with Crippen molar-refractivity contribution in [3.63, 3.8) is 0 Å². The van der Waals surface area contributed by atoms with Crippen molar-refractivity contribution < 1.29 is 4.79 Å². The van der Waals surface area contributed by atoms with Gasteiger partial charge < -0.3 is 4.90 Å². The second kappa shape index (κ2) is 7.94. The number of amides is 1. The average molecular weight is 246 g/mol. The third kappa shape index (κ3) is 4.73. The van der Waals surface area contributed by atoms with Crippen molar-refractivity contribution in [3.05, 3.63) is 0 Å². The van der Waals surface area contributed by atoms with Crippen LogP contribution in [0.5, 0.6) is 0 Å². The Morgan fingerprint density at radius 3 is 2.56 bits per heavy atom. The van der Waals surface area contributed by atoms with Gasteiger partial charge in [0.15, 0.2) is 0 Å². The largest absolute Gasteiger partial charge is 0.342 e. The van der Waals surface area contributed by atoms with Gasteiger partial charge in [0.05, 0.1) is 0 Å².